The first-order valence-electron chi connectivity index (χ1n) is 4.92. The van der Waals surface area contributed by atoms with Crippen LogP contribution in [0.3, 0.4) is 0 Å². The number of hydrogen-bond donors (Lipinski definition) is 1. The molecule has 0 amide bonds. The van der Waals surface area contributed by atoms with Crippen molar-refractivity contribution < 1.29 is 0 Å². The number of anilines is 1. The predicted molar refractivity (Wildman–Crippen MR) is 64.5 cm³/mol. The molecule has 0 spiro atoms. The van der Waals surface area contributed by atoms with Gasteiger partial charge < -0.3 is 5.32 Å². The van der Waals surface area contributed by atoms with Gasteiger partial charge in [0.1, 0.15) is 0 Å². The van der Waals surface area contributed by atoms with Crippen molar-refractivity contribution in [2.75, 3.05) is 11.9 Å². The molecule has 0 saturated carbocycles. The number of hydrogen-bond acceptors (Lipinski definition) is 2. The molecule has 3 heteroatoms. The molecular weight excluding hydrogens is 208 g/mol. The maximum atomic E-state index is 8.84. The van der Waals surface area contributed by atoms with Crippen molar-refractivity contribution in [3.63, 3.8) is 0 Å². The molecule has 1 aliphatic rings. The van der Waals surface area contributed by atoms with Crippen molar-refractivity contribution in [1.29, 1.82) is 5.26 Å². The van der Waals surface area contributed by atoms with Crippen molar-refractivity contribution in [3.8, 4) is 6.07 Å². The second-order valence-electron chi connectivity index (χ2n) is 4.43. The SMILES string of the molecule is CC1(C)CCNc2ccc(C#N)cc21.Cl. The Morgan fingerprint density at radius 1 is 1.40 bits per heavy atom. The van der Waals surface area contributed by atoms with Crippen LogP contribution in [-0.4, -0.2) is 6.54 Å². The molecule has 0 fully saturated rings. The Bertz CT molecular complexity index is 405. The van der Waals surface area contributed by atoms with Crippen LogP contribution in [0.5, 0.6) is 0 Å². The highest BCUT2D eigenvalue weighted by molar-refractivity contribution is 5.85. The Kier molecular flexibility index (Phi) is 3.26. The summed E-state index contributed by atoms with van der Waals surface area (Å²) in [4.78, 5) is 0. The Labute approximate surface area is 96.7 Å². The molecule has 0 bridgehead atoms. The molecule has 15 heavy (non-hydrogen) atoms. The lowest BCUT2D eigenvalue weighted by Crippen LogP contribution is -2.28. The standard InChI is InChI=1S/C12H14N2.ClH/c1-12(2)5-6-14-11-4-3-9(8-13)7-10(11)12;/h3-4,7,14H,5-6H2,1-2H3;1H. The number of nitriles is 1. The molecule has 0 saturated heterocycles. The zero-order valence-electron chi connectivity index (χ0n) is 9.00. The highest BCUT2D eigenvalue weighted by atomic mass is 35.5. The van der Waals surface area contributed by atoms with E-state index in [9.17, 15) is 0 Å². The number of nitrogens with zero attached hydrogens (tertiary/aromatic N) is 1. The van der Waals surface area contributed by atoms with E-state index in [4.69, 9.17) is 5.26 Å². The van der Waals surface area contributed by atoms with Gasteiger partial charge in [-0.05, 0) is 35.6 Å². The average Bonchev–Trinajstić information content (AvgIpc) is 2.17. The van der Waals surface area contributed by atoms with E-state index < -0.39 is 0 Å². The third-order valence-corrected chi connectivity index (χ3v) is 2.94. The zero-order chi connectivity index (χ0) is 10.2. The molecule has 1 heterocycles. The van der Waals surface area contributed by atoms with E-state index in [1.54, 1.807) is 0 Å². The normalized spacial score (nSPS) is 16.6. The minimum Gasteiger partial charge on any atom is -0.385 e. The van der Waals surface area contributed by atoms with Gasteiger partial charge in [0.05, 0.1) is 11.6 Å². The number of nitrogens with one attached hydrogen (secondary N) is 1. The quantitative estimate of drug-likeness (QED) is 0.732. The number of fused-ring (bicyclic) bond motifs is 1. The highest BCUT2D eigenvalue weighted by Gasteiger charge is 2.27. The van der Waals surface area contributed by atoms with Gasteiger partial charge in [-0.15, -0.1) is 12.4 Å². The fourth-order valence-electron chi connectivity index (χ4n) is 1.97. The van der Waals surface area contributed by atoms with Crippen LogP contribution < -0.4 is 5.32 Å². The van der Waals surface area contributed by atoms with E-state index in [1.807, 2.05) is 18.2 Å². The van der Waals surface area contributed by atoms with Crippen LogP contribution in [0.15, 0.2) is 18.2 Å². The van der Waals surface area contributed by atoms with Crippen LogP contribution >= 0.6 is 12.4 Å². The van der Waals surface area contributed by atoms with E-state index in [-0.39, 0.29) is 17.8 Å². The summed E-state index contributed by atoms with van der Waals surface area (Å²) in [5, 5.41) is 12.2. The van der Waals surface area contributed by atoms with Crippen molar-refractivity contribution in [1.82, 2.24) is 0 Å². The lowest BCUT2D eigenvalue weighted by Gasteiger charge is -2.33. The molecule has 1 aliphatic heterocycles. The Balaban J connectivity index is 0.00000112. The van der Waals surface area contributed by atoms with Gasteiger partial charge in [0.15, 0.2) is 0 Å². The molecule has 80 valence electrons. The molecule has 1 aromatic rings. The third kappa shape index (κ3) is 2.08. The second kappa shape index (κ2) is 4.12. The van der Waals surface area contributed by atoms with Crippen molar-refractivity contribution in [3.05, 3.63) is 29.3 Å². The minimum absolute atomic E-state index is 0. The molecular formula is C12H15ClN2. The lowest BCUT2D eigenvalue weighted by atomic mass is 9.78. The first-order valence-corrected chi connectivity index (χ1v) is 4.92. The maximum absolute atomic E-state index is 8.84. The van der Waals surface area contributed by atoms with Crippen molar-refractivity contribution in [2.24, 2.45) is 0 Å². The van der Waals surface area contributed by atoms with Gasteiger partial charge in [-0.25, -0.2) is 0 Å². The van der Waals surface area contributed by atoms with Crippen LogP contribution in [-0.2, 0) is 5.41 Å². The van der Waals surface area contributed by atoms with Crippen LogP contribution in [0, 0.1) is 11.3 Å². The third-order valence-electron chi connectivity index (χ3n) is 2.94. The monoisotopic (exact) mass is 222 g/mol. The van der Waals surface area contributed by atoms with Gasteiger partial charge in [0, 0.05) is 12.2 Å². The van der Waals surface area contributed by atoms with Crippen LogP contribution in [0.25, 0.3) is 0 Å². The molecule has 2 rings (SSSR count). The average molecular weight is 223 g/mol. The van der Waals surface area contributed by atoms with Crippen molar-refractivity contribution >= 4 is 18.1 Å². The summed E-state index contributed by atoms with van der Waals surface area (Å²) in [6, 6.07) is 8.07. The van der Waals surface area contributed by atoms with Crippen LogP contribution in [0.2, 0.25) is 0 Å². The molecule has 2 nitrogen and oxygen atoms in total. The van der Waals surface area contributed by atoms with Crippen LogP contribution in [0.4, 0.5) is 5.69 Å². The first-order chi connectivity index (χ1) is 6.63. The largest absolute Gasteiger partial charge is 0.385 e. The van der Waals surface area contributed by atoms with E-state index in [2.05, 4.69) is 25.2 Å². The summed E-state index contributed by atoms with van der Waals surface area (Å²) in [7, 11) is 0. The summed E-state index contributed by atoms with van der Waals surface area (Å²) in [6.45, 7) is 5.48. The number of benzene rings is 1. The molecule has 0 aliphatic carbocycles. The van der Waals surface area contributed by atoms with Gasteiger partial charge in [-0.2, -0.15) is 5.26 Å². The van der Waals surface area contributed by atoms with Crippen LogP contribution in [0.1, 0.15) is 31.4 Å². The summed E-state index contributed by atoms with van der Waals surface area (Å²) >= 11 is 0. The molecule has 0 unspecified atom stereocenters. The fraction of sp³-hybridized carbons (Fsp3) is 0.417. The summed E-state index contributed by atoms with van der Waals surface area (Å²) in [6.07, 6.45) is 1.12. The molecule has 0 radical (unpaired) electrons. The Morgan fingerprint density at radius 2 is 2.13 bits per heavy atom. The highest BCUT2D eigenvalue weighted by Crippen LogP contribution is 2.36. The Hall–Kier alpha value is -1.20. The predicted octanol–water partition coefficient (Wildman–Crippen LogP) is 3.07. The first kappa shape index (κ1) is 11.9. The number of halogens is 1. The summed E-state index contributed by atoms with van der Waals surface area (Å²) in [5.74, 6) is 0. The number of rotatable bonds is 0. The fourth-order valence-corrected chi connectivity index (χ4v) is 1.97. The van der Waals surface area contributed by atoms with E-state index in [0.717, 1.165) is 18.5 Å². The summed E-state index contributed by atoms with van der Waals surface area (Å²) < 4.78 is 0. The zero-order valence-corrected chi connectivity index (χ0v) is 9.82. The minimum atomic E-state index is 0. The molecule has 0 aromatic heterocycles. The van der Waals surface area contributed by atoms with E-state index >= 15 is 0 Å². The molecule has 1 aromatic carbocycles. The topological polar surface area (TPSA) is 35.8 Å². The maximum Gasteiger partial charge on any atom is 0.0991 e. The van der Waals surface area contributed by atoms with E-state index in [1.165, 1.54) is 11.3 Å². The van der Waals surface area contributed by atoms with Gasteiger partial charge in [0.2, 0.25) is 0 Å². The second-order valence-corrected chi connectivity index (χ2v) is 4.43. The van der Waals surface area contributed by atoms with Gasteiger partial charge in [-0.1, -0.05) is 13.8 Å². The van der Waals surface area contributed by atoms with Gasteiger partial charge in [0.25, 0.3) is 0 Å². The van der Waals surface area contributed by atoms with E-state index in [0.29, 0.717) is 0 Å². The molecule has 0 atom stereocenters. The summed E-state index contributed by atoms with van der Waals surface area (Å²) in [5.41, 5.74) is 3.39. The molecule has 1 N–H and O–H groups in total. The smallest absolute Gasteiger partial charge is 0.0991 e. The van der Waals surface area contributed by atoms with Gasteiger partial charge in [-0.3, -0.25) is 0 Å². The lowest BCUT2D eigenvalue weighted by molar-refractivity contribution is 0.482. The van der Waals surface area contributed by atoms with Crippen molar-refractivity contribution in [2.45, 2.75) is 25.7 Å². The van der Waals surface area contributed by atoms with Gasteiger partial charge >= 0.3 is 0 Å². The Morgan fingerprint density at radius 3 is 2.80 bits per heavy atom.